The van der Waals surface area contributed by atoms with Gasteiger partial charge in [-0.15, -0.1) is 22.7 Å². The van der Waals surface area contributed by atoms with Crippen LogP contribution < -0.4 is 4.74 Å². The quantitative estimate of drug-likeness (QED) is 0.567. The maximum Gasteiger partial charge on any atom is 0.311 e. The van der Waals surface area contributed by atoms with Crippen molar-refractivity contribution in [1.82, 2.24) is 9.97 Å². The third kappa shape index (κ3) is 4.18. The van der Waals surface area contributed by atoms with E-state index in [9.17, 15) is 4.79 Å². The third-order valence-electron chi connectivity index (χ3n) is 3.31. The van der Waals surface area contributed by atoms with Crippen LogP contribution in [0.5, 0.6) is 5.88 Å². The van der Waals surface area contributed by atoms with Crippen LogP contribution in [0.2, 0.25) is 4.34 Å². The van der Waals surface area contributed by atoms with Crippen molar-refractivity contribution in [2.24, 2.45) is 0 Å². The molecule has 0 aliphatic heterocycles. The van der Waals surface area contributed by atoms with Crippen LogP contribution in [0.4, 0.5) is 0 Å². The minimum Gasteiger partial charge on any atom is -0.481 e. The van der Waals surface area contributed by atoms with E-state index in [1.54, 1.807) is 26.3 Å². The van der Waals surface area contributed by atoms with Crippen LogP contribution in [0.1, 0.15) is 11.8 Å². The van der Waals surface area contributed by atoms with E-state index in [0.717, 1.165) is 26.0 Å². The van der Waals surface area contributed by atoms with Gasteiger partial charge in [-0.2, -0.15) is 0 Å². The van der Waals surface area contributed by atoms with Gasteiger partial charge in [0.1, 0.15) is 5.01 Å². The van der Waals surface area contributed by atoms with Crippen molar-refractivity contribution in [3.63, 3.8) is 0 Å². The van der Waals surface area contributed by atoms with Crippen molar-refractivity contribution in [2.45, 2.75) is 13.3 Å². The van der Waals surface area contributed by atoms with Crippen LogP contribution in [0, 0.1) is 0 Å². The number of esters is 1. The van der Waals surface area contributed by atoms with E-state index >= 15 is 0 Å². The van der Waals surface area contributed by atoms with Crippen LogP contribution >= 0.6 is 34.3 Å². The van der Waals surface area contributed by atoms with Gasteiger partial charge in [0.15, 0.2) is 0 Å². The lowest BCUT2D eigenvalue weighted by Crippen LogP contribution is -2.06. The number of aromatic nitrogens is 2. The Morgan fingerprint density at radius 1 is 1.24 bits per heavy atom. The van der Waals surface area contributed by atoms with Gasteiger partial charge in [-0.25, -0.2) is 9.97 Å². The Labute approximate surface area is 158 Å². The van der Waals surface area contributed by atoms with Crippen molar-refractivity contribution in [2.75, 3.05) is 13.7 Å². The SMILES string of the molecule is CCOC(=O)Cc1sc(-c2ccc(OC)nc2)nc1-c1ccc(Cl)s1. The fraction of sp³-hybridized carbons (Fsp3) is 0.235. The molecule has 0 unspecified atom stereocenters. The summed E-state index contributed by atoms with van der Waals surface area (Å²) in [6.07, 6.45) is 1.89. The number of nitrogens with zero attached hydrogens (tertiary/aromatic N) is 2. The summed E-state index contributed by atoms with van der Waals surface area (Å²) in [6.45, 7) is 2.14. The van der Waals surface area contributed by atoms with Gasteiger partial charge < -0.3 is 9.47 Å². The highest BCUT2D eigenvalue weighted by Crippen LogP contribution is 2.38. The Balaban J connectivity index is 1.99. The lowest BCUT2D eigenvalue weighted by molar-refractivity contribution is -0.142. The number of ether oxygens (including phenoxy) is 2. The number of pyridine rings is 1. The number of methoxy groups -OCH3 is 1. The molecule has 0 spiro atoms. The van der Waals surface area contributed by atoms with E-state index in [4.69, 9.17) is 26.1 Å². The molecule has 0 N–H and O–H groups in total. The summed E-state index contributed by atoms with van der Waals surface area (Å²) >= 11 is 8.94. The predicted molar refractivity (Wildman–Crippen MR) is 101 cm³/mol. The van der Waals surface area contributed by atoms with E-state index in [1.807, 2.05) is 18.2 Å². The first-order chi connectivity index (χ1) is 12.1. The minimum atomic E-state index is -0.269. The van der Waals surface area contributed by atoms with Gasteiger partial charge in [-0.3, -0.25) is 4.79 Å². The molecule has 25 heavy (non-hydrogen) atoms. The topological polar surface area (TPSA) is 61.3 Å². The van der Waals surface area contributed by atoms with Gasteiger partial charge in [0.05, 0.1) is 35.0 Å². The molecular weight excluding hydrogens is 380 g/mol. The molecule has 3 rings (SSSR count). The zero-order valence-corrected chi connectivity index (χ0v) is 16.0. The highest BCUT2D eigenvalue weighted by Gasteiger charge is 2.19. The summed E-state index contributed by atoms with van der Waals surface area (Å²) in [6, 6.07) is 7.41. The fourth-order valence-electron chi connectivity index (χ4n) is 2.20. The molecule has 130 valence electrons. The highest BCUT2D eigenvalue weighted by molar-refractivity contribution is 7.20. The van der Waals surface area contributed by atoms with Gasteiger partial charge in [0, 0.05) is 22.7 Å². The number of carbonyl (C=O) groups is 1. The van der Waals surface area contributed by atoms with Crippen LogP contribution in [0.25, 0.3) is 21.1 Å². The second-order valence-electron chi connectivity index (χ2n) is 4.97. The van der Waals surface area contributed by atoms with Crippen molar-refractivity contribution in [3.8, 4) is 27.0 Å². The molecule has 3 aromatic rings. The summed E-state index contributed by atoms with van der Waals surface area (Å²) < 4.78 is 10.8. The molecule has 0 fully saturated rings. The molecule has 0 atom stereocenters. The summed E-state index contributed by atoms with van der Waals surface area (Å²) in [5.74, 6) is 0.270. The molecule has 0 saturated heterocycles. The number of hydrogen-bond donors (Lipinski definition) is 0. The molecular formula is C17H15ClN2O3S2. The average molecular weight is 395 g/mol. The van der Waals surface area contributed by atoms with Crippen molar-refractivity contribution in [3.05, 3.63) is 39.7 Å². The second kappa shape index (κ2) is 7.95. The molecule has 3 aromatic heterocycles. The van der Waals surface area contributed by atoms with Crippen LogP contribution in [-0.4, -0.2) is 29.7 Å². The number of rotatable bonds is 6. The van der Waals surface area contributed by atoms with E-state index in [-0.39, 0.29) is 12.4 Å². The van der Waals surface area contributed by atoms with Crippen molar-refractivity contribution in [1.29, 1.82) is 0 Å². The molecule has 5 nitrogen and oxygen atoms in total. The summed E-state index contributed by atoms with van der Waals surface area (Å²) in [5, 5.41) is 0.786. The molecule has 3 heterocycles. The van der Waals surface area contributed by atoms with Gasteiger partial charge in [-0.05, 0) is 25.1 Å². The number of hydrogen-bond acceptors (Lipinski definition) is 7. The molecule has 0 aromatic carbocycles. The van der Waals surface area contributed by atoms with Gasteiger partial charge in [0.25, 0.3) is 0 Å². The maximum absolute atomic E-state index is 11.9. The highest BCUT2D eigenvalue weighted by atomic mass is 35.5. The van der Waals surface area contributed by atoms with Crippen molar-refractivity contribution < 1.29 is 14.3 Å². The summed E-state index contributed by atoms with van der Waals surface area (Å²) in [4.78, 5) is 22.6. The van der Waals surface area contributed by atoms with Crippen LogP contribution in [-0.2, 0) is 16.0 Å². The fourth-order valence-corrected chi connectivity index (χ4v) is 4.38. The zero-order chi connectivity index (χ0) is 17.8. The number of halogens is 1. The maximum atomic E-state index is 11.9. The van der Waals surface area contributed by atoms with Gasteiger partial charge in [-0.1, -0.05) is 11.6 Å². The smallest absolute Gasteiger partial charge is 0.311 e. The Bertz CT molecular complexity index is 874. The average Bonchev–Trinajstić information content (AvgIpc) is 3.21. The molecule has 0 bridgehead atoms. The van der Waals surface area contributed by atoms with Crippen LogP contribution in [0.15, 0.2) is 30.5 Å². The number of thiophene rings is 1. The zero-order valence-electron chi connectivity index (χ0n) is 13.6. The number of thiazole rings is 1. The molecule has 0 radical (unpaired) electrons. The Hall–Kier alpha value is -1.96. The molecule has 0 amide bonds. The standard InChI is InChI=1S/C17H15ClN2O3S2/c1-3-23-15(21)8-12-16(11-5-6-13(18)24-11)20-17(25-12)10-4-7-14(22-2)19-9-10/h4-7,9H,3,8H2,1-2H3. The van der Waals surface area contributed by atoms with Crippen molar-refractivity contribution >= 4 is 40.2 Å². The number of carbonyl (C=O) groups excluding carboxylic acids is 1. The lowest BCUT2D eigenvalue weighted by Gasteiger charge is -2.01. The summed E-state index contributed by atoms with van der Waals surface area (Å²) in [5.41, 5.74) is 1.63. The largest absolute Gasteiger partial charge is 0.481 e. The monoisotopic (exact) mass is 394 g/mol. The Morgan fingerprint density at radius 2 is 2.08 bits per heavy atom. The predicted octanol–water partition coefficient (Wildman–Crippen LogP) is 4.70. The molecule has 0 saturated carbocycles. The first-order valence-electron chi connectivity index (χ1n) is 7.52. The van der Waals surface area contributed by atoms with E-state index in [1.165, 1.54) is 22.7 Å². The third-order valence-corrected chi connectivity index (χ3v) is 5.65. The van der Waals surface area contributed by atoms with E-state index in [0.29, 0.717) is 16.8 Å². The Kier molecular flexibility index (Phi) is 5.67. The van der Waals surface area contributed by atoms with Gasteiger partial charge >= 0.3 is 5.97 Å². The molecule has 0 aliphatic rings. The molecule has 8 heteroatoms. The van der Waals surface area contributed by atoms with E-state index < -0.39 is 0 Å². The molecule has 0 aliphatic carbocycles. The van der Waals surface area contributed by atoms with Crippen LogP contribution in [0.3, 0.4) is 0 Å². The minimum absolute atomic E-state index is 0.180. The second-order valence-corrected chi connectivity index (χ2v) is 7.76. The first kappa shape index (κ1) is 17.8. The summed E-state index contributed by atoms with van der Waals surface area (Å²) in [7, 11) is 1.57. The van der Waals surface area contributed by atoms with Gasteiger partial charge in [0.2, 0.25) is 5.88 Å². The Morgan fingerprint density at radius 3 is 2.68 bits per heavy atom. The lowest BCUT2D eigenvalue weighted by atomic mass is 10.2. The normalized spacial score (nSPS) is 10.7. The van der Waals surface area contributed by atoms with E-state index in [2.05, 4.69) is 4.98 Å². The first-order valence-corrected chi connectivity index (χ1v) is 9.53.